The molecule has 3 rings (SSSR count). The first-order valence-corrected chi connectivity index (χ1v) is 7.50. The Kier molecular flexibility index (Phi) is 3.49. The molecule has 0 bridgehead atoms. The summed E-state index contributed by atoms with van der Waals surface area (Å²) in [5, 5.41) is 11.1. The summed E-state index contributed by atoms with van der Waals surface area (Å²) in [6, 6.07) is 6.14. The molecule has 2 aromatic rings. The van der Waals surface area contributed by atoms with E-state index in [4.69, 9.17) is 0 Å². The number of aliphatic hydroxyl groups excluding tert-OH is 1. The van der Waals surface area contributed by atoms with E-state index >= 15 is 0 Å². The van der Waals surface area contributed by atoms with Gasteiger partial charge in [-0.3, -0.25) is 4.79 Å². The van der Waals surface area contributed by atoms with Gasteiger partial charge in [0.15, 0.2) is 0 Å². The lowest BCUT2D eigenvalue weighted by molar-refractivity contribution is 0.0640. The summed E-state index contributed by atoms with van der Waals surface area (Å²) in [5.41, 5.74) is 3.77. The van der Waals surface area contributed by atoms with Crippen molar-refractivity contribution in [3.05, 3.63) is 35.0 Å². The molecule has 1 aromatic heterocycles. The molecule has 1 fully saturated rings. The highest BCUT2D eigenvalue weighted by molar-refractivity contribution is 6.00. The first-order valence-electron chi connectivity index (χ1n) is 7.50. The molecule has 0 radical (unpaired) electrons. The van der Waals surface area contributed by atoms with Gasteiger partial charge >= 0.3 is 0 Å². The van der Waals surface area contributed by atoms with E-state index in [1.165, 1.54) is 5.56 Å². The molecule has 2 N–H and O–H groups in total. The van der Waals surface area contributed by atoms with Gasteiger partial charge in [-0.1, -0.05) is 11.6 Å². The molecule has 1 aliphatic rings. The summed E-state index contributed by atoms with van der Waals surface area (Å²) in [4.78, 5) is 17.4. The van der Waals surface area contributed by atoms with Gasteiger partial charge in [-0.15, -0.1) is 0 Å². The van der Waals surface area contributed by atoms with Crippen LogP contribution in [-0.2, 0) is 0 Å². The molecule has 1 aromatic carbocycles. The van der Waals surface area contributed by atoms with Gasteiger partial charge in [0.05, 0.1) is 6.10 Å². The van der Waals surface area contributed by atoms with Crippen LogP contribution in [0.25, 0.3) is 10.9 Å². The zero-order valence-electron chi connectivity index (χ0n) is 12.8. The van der Waals surface area contributed by atoms with Crippen LogP contribution < -0.4 is 0 Å². The van der Waals surface area contributed by atoms with Gasteiger partial charge in [0.1, 0.15) is 5.69 Å². The van der Waals surface area contributed by atoms with Crippen molar-refractivity contribution in [3.8, 4) is 0 Å². The molecule has 112 valence electrons. The van der Waals surface area contributed by atoms with Crippen LogP contribution in [0.4, 0.5) is 0 Å². The number of amides is 1. The maximum Gasteiger partial charge on any atom is 0.270 e. The van der Waals surface area contributed by atoms with Gasteiger partial charge in [-0.05, 0) is 50.3 Å². The minimum atomic E-state index is -0.397. The highest BCUT2D eigenvalue weighted by Crippen LogP contribution is 2.33. The van der Waals surface area contributed by atoms with Crippen LogP contribution in [0.3, 0.4) is 0 Å². The largest absolute Gasteiger partial charge is 0.391 e. The van der Waals surface area contributed by atoms with Gasteiger partial charge in [-0.2, -0.15) is 0 Å². The number of hydrogen-bond donors (Lipinski definition) is 2. The number of carbonyl (C=O) groups excluding carboxylic acids is 1. The molecule has 0 aliphatic heterocycles. The van der Waals surface area contributed by atoms with Crippen LogP contribution in [0.5, 0.6) is 0 Å². The molecule has 1 amide bonds. The second-order valence-corrected chi connectivity index (χ2v) is 6.26. The Hall–Kier alpha value is -1.81. The Morgan fingerprint density at radius 1 is 1.43 bits per heavy atom. The third-order valence-electron chi connectivity index (χ3n) is 4.40. The predicted molar refractivity (Wildman–Crippen MR) is 83.5 cm³/mol. The number of aryl methyl sites for hydroxylation is 2. The Balaban J connectivity index is 1.85. The lowest BCUT2D eigenvalue weighted by Gasteiger charge is -2.20. The molecule has 1 aliphatic carbocycles. The normalized spacial score (nSPS) is 16.2. The quantitative estimate of drug-likeness (QED) is 0.907. The van der Waals surface area contributed by atoms with Gasteiger partial charge in [-0.25, -0.2) is 0 Å². The molecule has 21 heavy (non-hydrogen) atoms. The van der Waals surface area contributed by atoms with Crippen molar-refractivity contribution in [1.82, 2.24) is 9.88 Å². The molecule has 4 nitrogen and oxygen atoms in total. The van der Waals surface area contributed by atoms with Crippen molar-refractivity contribution < 1.29 is 9.90 Å². The fourth-order valence-electron chi connectivity index (χ4n) is 2.84. The molecule has 1 unspecified atom stereocenters. The van der Waals surface area contributed by atoms with Crippen molar-refractivity contribution in [2.45, 2.75) is 32.8 Å². The lowest BCUT2D eigenvalue weighted by atomic mass is 10.1. The summed E-state index contributed by atoms with van der Waals surface area (Å²) in [7, 11) is 1.75. The van der Waals surface area contributed by atoms with E-state index in [1.54, 1.807) is 11.9 Å². The molecule has 0 saturated heterocycles. The Morgan fingerprint density at radius 2 is 2.14 bits per heavy atom. The van der Waals surface area contributed by atoms with E-state index in [2.05, 4.69) is 11.1 Å². The van der Waals surface area contributed by atoms with Crippen LogP contribution in [-0.4, -0.2) is 40.6 Å². The number of rotatable bonds is 4. The second-order valence-electron chi connectivity index (χ2n) is 6.26. The zero-order chi connectivity index (χ0) is 15.1. The standard InChI is InChI=1S/C17H22N2O2/c1-10-4-7-14-13(8-10)11(2)16(18-14)17(21)19(3)9-15(20)12-5-6-12/h4,7-8,12,15,18,20H,5-6,9H2,1-3H3. The summed E-state index contributed by atoms with van der Waals surface area (Å²) in [5.74, 6) is 0.327. The third-order valence-corrected chi connectivity index (χ3v) is 4.40. The molecule has 1 heterocycles. The first kappa shape index (κ1) is 14.1. The smallest absolute Gasteiger partial charge is 0.270 e. The highest BCUT2D eigenvalue weighted by atomic mass is 16.3. The fraction of sp³-hybridized carbons (Fsp3) is 0.471. The SMILES string of the molecule is Cc1ccc2[nH]c(C(=O)N(C)CC(O)C3CC3)c(C)c2c1. The van der Waals surface area contributed by atoms with E-state index in [9.17, 15) is 9.90 Å². The maximum atomic E-state index is 12.6. The van der Waals surface area contributed by atoms with Crippen LogP contribution >= 0.6 is 0 Å². The first-order chi connectivity index (χ1) is 9.97. The van der Waals surface area contributed by atoms with E-state index in [0.717, 1.165) is 29.3 Å². The van der Waals surface area contributed by atoms with E-state index in [-0.39, 0.29) is 5.91 Å². The van der Waals surface area contributed by atoms with Crippen LogP contribution in [0.1, 0.15) is 34.5 Å². The number of carbonyl (C=O) groups is 1. The molecule has 4 heteroatoms. The van der Waals surface area contributed by atoms with Gasteiger partial charge in [0.2, 0.25) is 0 Å². The number of nitrogens with zero attached hydrogens (tertiary/aromatic N) is 1. The second kappa shape index (κ2) is 5.19. The van der Waals surface area contributed by atoms with E-state index in [1.807, 2.05) is 26.0 Å². The van der Waals surface area contributed by atoms with Gasteiger partial charge in [0.25, 0.3) is 5.91 Å². The number of aromatic amines is 1. The molecule has 1 saturated carbocycles. The van der Waals surface area contributed by atoms with Crippen molar-refractivity contribution >= 4 is 16.8 Å². The lowest BCUT2D eigenvalue weighted by Crippen LogP contribution is -2.35. The number of H-pyrrole nitrogens is 1. The topological polar surface area (TPSA) is 56.3 Å². The molecule has 1 atom stereocenters. The highest BCUT2D eigenvalue weighted by Gasteiger charge is 2.31. The summed E-state index contributed by atoms with van der Waals surface area (Å²) < 4.78 is 0. The third kappa shape index (κ3) is 2.68. The molecular formula is C17H22N2O2. The fourth-order valence-corrected chi connectivity index (χ4v) is 2.84. The summed E-state index contributed by atoms with van der Waals surface area (Å²) in [6.45, 7) is 4.42. The number of fused-ring (bicyclic) bond motifs is 1. The van der Waals surface area contributed by atoms with Crippen molar-refractivity contribution in [3.63, 3.8) is 0 Å². The molecule has 0 spiro atoms. The summed E-state index contributed by atoms with van der Waals surface area (Å²) >= 11 is 0. The zero-order valence-corrected chi connectivity index (χ0v) is 12.8. The Bertz CT molecular complexity index is 685. The summed E-state index contributed by atoms with van der Waals surface area (Å²) in [6.07, 6.45) is 1.76. The van der Waals surface area contributed by atoms with Crippen molar-refractivity contribution in [2.24, 2.45) is 5.92 Å². The Morgan fingerprint density at radius 3 is 2.81 bits per heavy atom. The minimum Gasteiger partial charge on any atom is -0.391 e. The number of benzene rings is 1. The minimum absolute atomic E-state index is 0.0546. The number of aliphatic hydroxyl groups is 1. The average Bonchev–Trinajstić information content (AvgIpc) is 3.24. The monoisotopic (exact) mass is 286 g/mol. The van der Waals surface area contributed by atoms with E-state index in [0.29, 0.717) is 18.2 Å². The average molecular weight is 286 g/mol. The van der Waals surface area contributed by atoms with Crippen LogP contribution in [0.2, 0.25) is 0 Å². The van der Waals surface area contributed by atoms with Crippen molar-refractivity contribution in [2.75, 3.05) is 13.6 Å². The van der Waals surface area contributed by atoms with Crippen molar-refractivity contribution in [1.29, 1.82) is 0 Å². The molecular weight excluding hydrogens is 264 g/mol. The number of nitrogens with one attached hydrogen (secondary N) is 1. The van der Waals surface area contributed by atoms with E-state index < -0.39 is 6.10 Å². The van der Waals surface area contributed by atoms with Gasteiger partial charge in [0, 0.05) is 24.5 Å². The number of aromatic nitrogens is 1. The Labute approximate surface area is 124 Å². The van der Waals surface area contributed by atoms with Crippen LogP contribution in [0.15, 0.2) is 18.2 Å². The number of hydrogen-bond acceptors (Lipinski definition) is 2. The van der Waals surface area contributed by atoms with Gasteiger partial charge < -0.3 is 15.0 Å². The maximum absolute atomic E-state index is 12.6. The number of likely N-dealkylation sites (N-methyl/N-ethyl adjacent to an activating group) is 1. The van der Waals surface area contributed by atoms with Crippen LogP contribution in [0, 0.1) is 19.8 Å². The predicted octanol–water partition coefficient (Wildman–Crippen LogP) is 2.63.